The summed E-state index contributed by atoms with van der Waals surface area (Å²) in [6.07, 6.45) is 7.82. The summed E-state index contributed by atoms with van der Waals surface area (Å²) >= 11 is 0. The topological polar surface area (TPSA) is 56.1 Å². The van der Waals surface area contributed by atoms with Gasteiger partial charge in [-0.15, -0.1) is 0 Å². The minimum absolute atomic E-state index is 0.0823. The highest BCUT2D eigenvalue weighted by Gasteiger charge is 2.25. The molecular weight excluding hydrogens is 226 g/mol. The van der Waals surface area contributed by atoms with E-state index in [9.17, 15) is 10.1 Å². The van der Waals surface area contributed by atoms with Crippen LogP contribution in [0.1, 0.15) is 44.9 Å². The van der Waals surface area contributed by atoms with E-state index in [0.29, 0.717) is 6.54 Å². The summed E-state index contributed by atoms with van der Waals surface area (Å²) in [5.41, 5.74) is 0. The molecule has 1 aliphatic heterocycles. The van der Waals surface area contributed by atoms with Crippen LogP contribution in [0.4, 0.5) is 0 Å². The number of nitrogens with zero attached hydrogens (tertiary/aromatic N) is 2. The molecule has 0 aromatic rings. The Morgan fingerprint density at radius 3 is 2.61 bits per heavy atom. The molecule has 4 heteroatoms. The van der Waals surface area contributed by atoms with Gasteiger partial charge in [0.15, 0.2) is 0 Å². The third-order valence-corrected chi connectivity index (χ3v) is 4.16. The van der Waals surface area contributed by atoms with Gasteiger partial charge >= 0.3 is 0 Å². The molecule has 2 unspecified atom stereocenters. The van der Waals surface area contributed by atoms with Gasteiger partial charge in [-0.05, 0) is 25.7 Å². The predicted molar refractivity (Wildman–Crippen MR) is 69.8 cm³/mol. The van der Waals surface area contributed by atoms with Crippen molar-refractivity contribution in [2.24, 2.45) is 5.92 Å². The molecule has 1 aliphatic carbocycles. The SMILES string of the molecule is N#CC1CCCCCC1NCC(=O)N1CCCC1. The van der Waals surface area contributed by atoms with Crippen LogP contribution in [-0.4, -0.2) is 36.5 Å². The molecule has 0 aromatic carbocycles. The van der Waals surface area contributed by atoms with Gasteiger partial charge in [-0.3, -0.25) is 4.79 Å². The van der Waals surface area contributed by atoms with Gasteiger partial charge in [-0.25, -0.2) is 0 Å². The number of rotatable bonds is 3. The highest BCUT2D eigenvalue weighted by atomic mass is 16.2. The van der Waals surface area contributed by atoms with E-state index in [2.05, 4.69) is 11.4 Å². The second-order valence-corrected chi connectivity index (χ2v) is 5.45. The van der Waals surface area contributed by atoms with Gasteiger partial charge < -0.3 is 10.2 Å². The molecular formula is C14H23N3O. The monoisotopic (exact) mass is 249 g/mol. The van der Waals surface area contributed by atoms with Gasteiger partial charge in [0, 0.05) is 19.1 Å². The van der Waals surface area contributed by atoms with Gasteiger partial charge in [-0.1, -0.05) is 19.3 Å². The molecule has 1 N–H and O–H groups in total. The average molecular weight is 249 g/mol. The largest absolute Gasteiger partial charge is 0.342 e. The lowest BCUT2D eigenvalue weighted by Gasteiger charge is -2.22. The standard InChI is InChI=1S/C14H23N3O/c15-10-12-6-2-1-3-7-13(12)16-11-14(18)17-8-4-5-9-17/h12-13,16H,1-9,11H2. The minimum Gasteiger partial charge on any atom is -0.342 e. The van der Waals surface area contributed by atoms with Crippen molar-refractivity contribution in [3.05, 3.63) is 0 Å². The van der Waals surface area contributed by atoms with Crippen molar-refractivity contribution in [1.29, 1.82) is 5.26 Å². The predicted octanol–water partition coefficient (Wildman–Crippen LogP) is 1.67. The molecule has 18 heavy (non-hydrogen) atoms. The Bertz CT molecular complexity index is 317. The highest BCUT2D eigenvalue weighted by Crippen LogP contribution is 2.22. The maximum Gasteiger partial charge on any atom is 0.236 e. The second-order valence-electron chi connectivity index (χ2n) is 5.45. The molecule has 0 radical (unpaired) electrons. The number of nitriles is 1. The van der Waals surface area contributed by atoms with E-state index in [0.717, 1.165) is 45.2 Å². The van der Waals surface area contributed by atoms with Crippen LogP contribution in [-0.2, 0) is 4.79 Å². The molecule has 0 aromatic heterocycles. The summed E-state index contributed by atoms with van der Waals surface area (Å²) < 4.78 is 0. The Labute approximate surface area is 109 Å². The number of carbonyl (C=O) groups is 1. The van der Waals surface area contributed by atoms with Crippen molar-refractivity contribution < 1.29 is 4.79 Å². The summed E-state index contributed by atoms with van der Waals surface area (Å²) in [4.78, 5) is 13.9. The summed E-state index contributed by atoms with van der Waals surface area (Å²) in [5.74, 6) is 0.285. The molecule has 1 amide bonds. The normalized spacial score (nSPS) is 28.7. The number of amides is 1. The smallest absolute Gasteiger partial charge is 0.236 e. The first-order valence-corrected chi connectivity index (χ1v) is 7.22. The van der Waals surface area contributed by atoms with E-state index < -0.39 is 0 Å². The van der Waals surface area contributed by atoms with E-state index in [4.69, 9.17) is 0 Å². The van der Waals surface area contributed by atoms with Crippen LogP contribution < -0.4 is 5.32 Å². The van der Waals surface area contributed by atoms with Crippen LogP contribution in [0.25, 0.3) is 0 Å². The average Bonchev–Trinajstić information content (AvgIpc) is 2.82. The van der Waals surface area contributed by atoms with Gasteiger partial charge in [0.05, 0.1) is 18.5 Å². The fourth-order valence-electron chi connectivity index (χ4n) is 3.00. The Kier molecular flexibility index (Phi) is 5.00. The molecule has 2 rings (SSSR count). The van der Waals surface area contributed by atoms with E-state index in [-0.39, 0.29) is 17.9 Å². The van der Waals surface area contributed by atoms with Crippen LogP contribution >= 0.6 is 0 Å². The number of likely N-dealkylation sites (tertiary alicyclic amines) is 1. The van der Waals surface area contributed by atoms with E-state index >= 15 is 0 Å². The maximum atomic E-state index is 11.9. The van der Waals surface area contributed by atoms with Crippen molar-refractivity contribution in [3.63, 3.8) is 0 Å². The lowest BCUT2D eigenvalue weighted by Crippen LogP contribution is -2.43. The molecule has 2 atom stereocenters. The first-order chi connectivity index (χ1) is 8.81. The molecule has 2 fully saturated rings. The van der Waals surface area contributed by atoms with Crippen LogP contribution in [0.15, 0.2) is 0 Å². The fraction of sp³-hybridized carbons (Fsp3) is 0.857. The van der Waals surface area contributed by atoms with Gasteiger partial charge in [-0.2, -0.15) is 5.26 Å². The second kappa shape index (κ2) is 6.75. The Hall–Kier alpha value is -1.08. The van der Waals surface area contributed by atoms with Crippen LogP contribution in [0.3, 0.4) is 0 Å². The summed E-state index contributed by atoms with van der Waals surface area (Å²) in [7, 11) is 0. The molecule has 1 saturated heterocycles. The van der Waals surface area contributed by atoms with Gasteiger partial charge in [0.2, 0.25) is 5.91 Å². The Morgan fingerprint density at radius 2 is 1.89 bits per heavy atom. The summed E-state index contributed by atoms with van der Waals surface area (Å²) in [5, 5.41) is 12.5. The Morgan fingerprint density at radius 1 is 1.17 bits per heavy atom. The first kappa shape index (κ1) is 13.4. The fourth-order valence-corrected chi connectivity index (χ4v) is 3.00. The summed E-state index contributed by atoms with van der Waals surface area (Å²) in [6.45, 7) is 2.22. The zero-order valence-electron chi connectivity index (χ0n) is 11.0. The third-order valence-electron chi connectivity index (χ3n) is 4.16. The number of hydrogen-bond donors (Lipinski definition) is 1. The van der Waals surface area contributed by atoms with E-state index in [1.54, 1.807) is 0 Å². The first-order valence-electron chi connectivity index (χ1n) is 7.22. The van der Waals surface area contributed by atoms with Crippen molar-refractivity contribution in [2.75, 3.05) is 19.6 Å². The molecule has 1 saturated carbocycles. The summed E-state index contributed by atoms with van der Waals surface area (Å²) in [6, 6.07) is 2.61. The van der Waals surface area contributed by atoms with Crippen molar-refractivity contribution in [3.8, 4) is 6.07 Å². The zero-order chi connectivity index (χ0) is 12.8. The van der Waals surface area contributed by atoms with Crippen LogP contribution in [0, 0.1) is 17.2 Å². The van der Waals surface area contributed by atoms with Crippen LogP contribution in [0.2, 0.25) is 0 Å². The van der Waals surface area contributed by atoms with E-state index in [1.165, 1.54) is 12.8 Å². The minimum atomic E-state index is 0.0823. The number of nitrogens with one attached hydrogen (secondary N) is 1. The molecule has 0 spiro atoms. The molecule has 100 valence electrons. The quantitative estimate of drug-likeness (QED) is 0.774. The van der Waals surface area contributed by atoms with Gasteiger partial charge in [0.1, 0.15) is 0 Å². The molecule has 4 nitrogen and oxygen atoms in total. The van der Waals surface area contributed by atoms with Crippen molar-refractivity contribution in [1.82, 2.24) is 10.2 Å². The lowest BCUT2D eigenvalue weighted by molar-refractivity contribution is -0.129. The van der Waals surface area contributed by atoms with Crippen molar-refractivity contribution in [2.45, 2.75) is 51.0 Å². The molecule has 2 aliphatic rings. The molecule has 1 heterocycles. The Balaban J connectivity index is 1.80. The highest BCUT2D eigenvalue weighted by molar-refractivity contribution is 5.78. The number of hydrogen-bond acceptors (Lipinski definition) is 3. The van der Waals surface area contributed by atoms with E-state index in [1.807, 2.05) is 4.90 Å². The zero-order valence-corrected chi connectivity index (χ0v) is 11.0. The van der Waals surface area contributed by atoms with Crippen LogP contribution in [0.5, 0.6) is 0 Å². The molecule has 0 bridgehead atoms. The lowest BCUT2D eigenvalue weighted by atomic mass is 9.96. The van der Waals surface area contributed by atoms with Gasteiger partial charge in [0.25, 0.3) is 0 Å². The number of carbonyl (C=O) groups excluding carboxylic acids is 1. The third kappa shape index (κ3) is 3.46. The van der Waals surface area contributed by atoms with Crippen molar-refractivity contribution >= 4 is 5.91 Å². The maximum absolute atomic E-state index is 11.9.